The van der Waals surface area contributed by atoms with Gasteiger partial charge >= 0.3 is 0 Å². The summed E-state index contributed by atoms with van der Waals surface area (Å²) in [6.45, 7) is 4.51. The molecule has 1 aromatic carbocycles. The van der Waals surface area contributed by atoms with Crippen LogP contribution in [0, 0.1) is 5.41 Å². The van der Waals surface area contributed by atoms with Crippen molar-refractivity contribution in [2.45, 2.75) is 38.3 Å². The molecule has 2 aliphatic rings. The average molecular weight is 457 g/mol. The Balaban J connectivity index is 1.27. The summed E-state index contributed by atoms with van der Waals surface area (Å²) in [5.74, 6) is 0.352. The Bertz CT molecular complexity index is 819. The normalized spacial score (nSPS) is 20.3. The number of hydrogen-bond acceptors (Lipinski definition) is 4. The molecular formula is C23H29BrN4O. The molecule has 5 nitrogen and oxygen atoms in total. The monoisotopic (exact) mass is 456 g/mol. The summed E-state index contributed by atoms with van der Waals surface area (Å²) in [6, 6.07) is 14.1. The third-order valence-corrected chi connectivity index (χ3v) is 7.05. The highest BCUT2D eigenvalue weighted by atomic mass is 79.9. The Morgan fingerprint density at radius 2 is 1.79 bits per heavy atom. The molecule has 1 aromatic heterocycles. The second-order valence-corrected chi connectivity index (χ2v) is 9.29. The predicted octanol–water partition coefficient (Wildman–Crippen LogP) is 3.75. The maximum Gasteiger partial charge on any atom is 0.229 e. The summed E-state index contributed by atoms with van der Waals surface area (Å²) in [4.78, 5) is 22.1. The summed E-state index contributed by atoms with van der Waals surface area (Å²) in [5.41, 5.74) is 8.30. The number of benzene rings is 1. The van der Waals surface area contributed by atoms with Gasteiger partial charge in [0.2, 0.25) is 5.91 Å². The van der Waals surface area contributed by atoms with Crippen molar-refractivity contribution in [1.82, 2.24) is 14.8 Å². The smallest absolute Gasteiger partial charge is 0.229 e. The number of aromatic nitrogens is 1. The molecule has 1 spiro atoms. The summed E-state index contributed by atoms with van der Waals surface area (Å²) in [5, 5.41) is 0. The van der Waals surface area contributed by atoms with Crippen LogP contribution in [0.25, 0.3) is 0 Å². The van der Waals surface area contributed by atoms with Crippen LogP contribution in [0.1, 0.15) is 43.0 Å². The number of carbonyl (C=O) groups excluding carboxylic acids is 1. The van der Waals surface area contributed by atoms with Crippen molar-refractivity contribution < 1.29 is 4.79 Å². The average Bonchev–Trinajstić information content (AvgIpc) is 3.05. The fourth-order valence-electron chi connectivity index (χ4n) is 4.59. The highest BCUT2D eigenvalue weighted by molar-refractivity contribution is 9.10. The van der Waals surface area contributed by atoms with Crippen LogP contribution in [0.15, 0.2) is 53.1 Å². The molecule has 1 unspecified atom stereocenters. The van der Waals surface area contributed by atoms with Crippen LogP contribution in [-0.4, -0.2) is 46.9 Å². The second-order valence-electron chi connectivity index (χ2n) is 8.37. The van der Waals surface area contributed by atoms with Crippen molar-refractivity contribution in [1.29, 1.82) is 0 Å². The molecular weight excluding hydrogens is 428 g/mol. The fraction of sp³-hybridized carbons (Fsp3) is 0.478. The van der Waals surface area contributed by atoms with Crippen molar-refractivity contribution in [3.8, 4) is 0 Å². The van der Waals surface area contributed by atoms with Crippen LogP contribution in [0.4, 0.5) is 0 Å². The molecule has 3 heterocycles. The molecule has 0 bridgehead atoms. The summed E-state index contributed by atoms with van der Waals surface area (Å²) in [7, 11) is 0. The number of amides is 1. The van der Waals surface area contributed by atoms with Crippen molar-refractivity contribution in [3.63, 3.8) is 0 Å². The van der Waals surface area contributed by atoms with Gasteiger partial charge in [-0.2, -0.15) is 0 Å². The molecule has 1 amide bonds. The first-order chi connectivity index (χ1) is 14.1. The zero-order chi connectivity index (χ0) is 20.3. The summed E-state index contributed by atoms with van der Waals surface area (Å²) >= 11 is 3.47. The summed E-state index contributed by atoms with van der Waals surface area (Å²) in [6.07, 6.45) is 5.60. The van der Waals surface area contributed by atoms with Gasteiger partial charge < -0.3 is 15.5 Å². The fourth-order valence-corrected chi connectivity index (χ4v) is 4.85. The Kier molecular flexibility index (Phi) is 6.32. The van der Waals surface area contributed by atoms with Crippen LogP contribution < -0.4 is 5.73 Å². The lowest BCUT2D eigenvalue weighted by Gasteiger charge is -2.38. The van der Waals surface area contributed by atoms with Crippen molar-refractivity contribution in [2.75, 3.05) is 26.2 Å². The lowest BCUT2D eigenvalue weighted by molar-refractivity contribution is -0.138. The lowest BCUT2D eigenvalue weighted by Crippen LogP contribution is -2.45. The number of piperidine rings is 1. The molecule has 2 aromatic rings. The van der Waals surface area contributed by atoms with Gasteiger partial charge in [0, 0.05) is 29.8 Å². The van der Waals surface area contributed by atoms with Gasteiger partial charge in [-0.25, -0.2) is 0 Å². The van der Waals surface area contributed by atoms with Gasteiger partial charge in [-0.1, -0.05) is 34.1 Å². The Morgan fingerprint density at radius 3 is 2.48 bits per heavy atom. The number of rotatable bonds is 6. The lowest BCUT2D eigenvalue weighted by atomic mass is 9.77. The molecule has 2 N–H and O–H groups in total. The number of nitrogens with two attached hydrogens (primary N) is 1. The van der Waals surface area contributed by atoms with E-state index in [2.05, 4.69) is 42.8 Å². The number of likely N-dealkylation sites (tertiary alicyclic amines) is 2. The van der Waals surface area contributed by atoms with E-state index >= 15 is 0 Å². The minimum atomic E-state index is -0.144. The van der Waals surface area contributed by atoms with Gasteiger partial charge in [0.25, 0.3) is 0 Å². The van der Waals surface area contributed by atoms with E-state index in [4.69, 9.17) is 5.73 Å². The SMILES string of the molecule is NC(CCN1CCC2(CC1)CCN(Cc1ccc(Br)cc1)C2=O)c1ccccn1. The van der Waals surface area contributed by atoms with Crippen molar-refractivity contribution in [2.24, 2.45) is 11.1 Å². The van der Waals surface area contributed by atoms with E-state index in [0.717, 1.165) is 68.6 Å². The minimum absolute atomic E-state index is 0.0263. The van der Waals surface area contributed by atoms with Crippen LogP contribution in [0.3, 0.4) is 0 Å². The van der Waals surface area contributed by atoms with E-state index in [0.29, 0.717) is 5.91 Å². The van der Waals surface area contributed by atoms with E-state index in [-0.39, 0.29) is 11.5 Å². The standard InChI is InChI=1S/C23H29BrN4O/c24-19-6-4-18(5-7-19)17-28-16-11-23(22(28)29)9-14-27(15-10-23)13-8-20(25)21-3-1-2-12-26-21/h1-7,12,20H,8-11,13-17,25H2. The molecule has 2 aliphatic heterocycles. The van der Waals surface area contributed by atoms with Crippen LogP contribution in [0.2, 0.25) is 0 Å². The van der Waals surface area contributed by atoms with Crippen LogP contribution in [-0.2, 0) is 11.3 Å². The predicted molar refractivity (Wildman–Crippen MR) is 118 cm³/mol. The number of halogens is 1. The minimum Gasteiger partial charge on any atom is -0.338 e. The third-order valence-electron chi connectivity index (χ3n) is 6.53. The Labute approximate surface area is 181 Å². The van der Waals surface area contributed by atoms with Crippen LogP contribution in [0.5, 0.6) is 0 Å². The zero-order valence-corrected chi connectivity index (χ0v) is 18.4. The van der Waals surface area contributed by atoms with E-state index in [1.807, 2.05) is 30.3 Å². The quantitative estimate of drug-likeness (QED) is 0.718. The molecule has 0 saturated carbocycles. The second kappa shape index (κ2) is 8.94. The molecule has 1 atom stereocenters. The van der Waals surface area contributed by atoms with E-state index in [1.54, 1.807) is 6.20 Å². The molecule has 2 saturated heterocycles. The first-order valence-electron chi connectivity index (χ1n) is 10.5. The molecule has 0 aliphatic carbocycles. The van der Waals surface area contributed by atoms with Gasteiger partial charge in [-0.3, -0.25) is 9.78 Å². The Morgan fingerprint density at radius 1 is 1.07 bits per heavy atom. The van der Waals surface area contributed by atoms with E-state index in [9.17, 15) is 4.79 Å². The number of pyridine rings is 1. The Hall–Kier alpha value is -1.76. The van der Waals surface area contributed by atoms with Gasteiger partial charge in [-0.05, 0) is 75.1 Å². The third kappa shape index (κ3) is 4.71. The molecule has 6 heteroatoms. The van der Waals surface area contributed by atoms with Gasteiger partial charge in [0.1, 0.15) is 0 Å². The van der Waals surface area contributed by atoms with Crippen molar-refractivity contribution in [3.05, 3.63) is 64.4 Å². The topological polar surface area (TPSA) is 62.5 Å². The number of nitrogens with zero attached hydrogens (tertiary/aromatic N) is 3. The summed E-state index contributed by atoms with van der Waals surface area (Å²) < 4.78 is 1.07. The number of hydrogen-bond donors (Lipinski definition) is 1. The highest BCUT2D eigenvalue weighted by Crippen LogP contribution is 2.42. The molecule has 4 rings (SSSR count). The first kappa shape index (κ1) is 20.5. The van der Waals surface area contributed by atoms with Gasteiger partial charge in [0.05, 0.1) is 11.1 Å². The van der Waals surface area contributed by atoms with E-state index in [1.165, 1.54) is 5.56 Å². The molecule has 29 heavy (non-hydrogen) atoms. The van der Waals surface area contributed by atoms with Crippen LogP contribution >= 0.6 is 15.9 Å². The van der Waals surface area contributed by atoms with Gasteiger partial charge in [0.15, 0.2) is 0 Å². The molecule has 154 valence electrons. The first-order valence-corrected chi connectivity index (χ1v) is 11.3. The number of carbonyl (C=O) groups is 1. The zero-order valence-electron chi connectivity index (χ0n) is 16.8. The molecule has 2 fully saturated rings. The maximum absolute atomic E-state index is 13.2. The highest BCUT2D eigenvalue weighted by Gasteiger charge is 2.47. The van der Waals surface area contributed by atoms with Gasteiger partial charge in [-0.15, -0.1) is 0 Å². The maximum atomic E-state index is 13.2. The largest absolute Gasteiger partial charge is 0.338 e. The van der Waals surface area contributed by atoms with Crippen molar-refractivity contribution >= 4 is 21.8 Å². The molecule has 0 radical (unpaired) electrons. The van der Waals surface area contributed by atoms with E-state index < -0.39 is 0 Å².